The molecule has 0 saturated carbocycles. The van der Waals surface area contributed by atoms with Crippen molar-refractivity contribution in [2.45, 2.75) is 33.3 Å². The molecule has 2 rings (SSSR count). The molecule has 1 aromatic carbocycles. The standard InChI is InChI=1S/C17H23NO4/c1-3-21-15(19)17(2)10-7-11-18(13-17)16(20)22-12-14-8-5-4-6-9-14/h4-6,8-9H,3,7,10-13H2,1-2H3. The lowest BCUT2D eigenvalue weighted by atomic mass is 9.82. The van der Waals surface area contributed by atoms with Gasteiger partial charge in [0.05, 0.1) is 12.0 Å². The van der Waals surface area contributed by atoms with E-state index in [-0.39, 0.29) is 18.7 Å². The number of amides is 1. The number of carbonyl (C=O) groups excluding carboxylic acids is 2. The number of piperidine rings is 1. The average Bonchev–Trinajstić information content (AvgIpc) is 2.54. The zero-order valence-electron chi connectivity index (χ0n) is 13.2. The van der Waals surface area contributed by atoms with Crippen LogP contribution in [0.15, 0.2) is 30.3 Å². The lowest BCUT2D eigenvalue weighted by Crippen LogP contribution is -2.49. The highest BCUT2D eigenvalue weighted by atomic mass is 16.6. The second-order valence-electron chi connectivity index (χ2n) is 5.85. The van der Waals surface area contributed by atoms with Crippen molar-refractivity contribution in [2.75, 3.05) is 19.7 Å². The minimum atomic E-state index is -0.639. The highest BCUT2D eigenvalue weighted by molar-refractivity contribution is 5.78. The number of carbonyl (C=O) groups is 2. The molecule has 0 aliphatic carbocycles. The molecule has 5 nitrogen and oxygen atoms in total. The first-order valence-electron chi connectivity index (χ1n) is 7.68. The number of hydrogen-bond donors (Lipinski definition) is 0. The van der Waals surface area contributed by atoms with Crippen LogP contribution in [0.5, 0.6) is 0 Å². The summed E-state index contributed by atoms with van der Waals surface area (Å²) in [6.45, 7) is 5.19. The number of hydrogen-bond acceptors (Lipinski definition) is 4. The maximum absolute atomic E-state index is 12.2. The lowest BCUT2D eigenvalue weighted by Gasteiger charge is -2.37. The molecule has 1 aliphatic heterocycles. The van der Waals surface area contributed by atoms with Gasteiger partial charge in [-0.1, -0.05) is 30.3 Å². The third kappa shape index (κ3) is 4.00. The van der Waals surface area contributed by atoms with Crippen molar-refractivity contribution in [2.24, 2.45) is 5.41 Å². The van der Waals surface area contributed by atoms with E-state index < -0.39 is 5.41 Å². The molecule has 1 atom stereocenters. The normalized spacial score (nSPS) is 21.3. The Morgan fingerprint density at radius 2 is 1.95 bits per heavy atom. The van der Waals surface area contributed by atoms with Crippen LogP contribution in [0.2, 0.25) is 0 Å². The van der Waals surface area contributed by atoms with Gasteiger partial charge in [0.25, 0.3) is 0 Å². The largest absolute Gasteiger partial charge is 0.466 e. The zero-order valence-corrected chi connectivity index (χ0v) is 13.2. The third-order valence-corrected chi connectivity index (χ3v) is 3.93. The van der Waals surface area contributed by atoms with Crippen LogP contribution in [-0.2, 0) is 20.9 Å². The molecule has 1 unspecified atom stereocenters. The van der Waals surface area contributed by atoms with E-state index in [0.717, 1.165) is 18.4 Å². The molecule has 1 saturated heterocycles. The van der Waals surface area contributed by atoms with Crippen molar-refractivity contribution < 1.29 is 19.1 Å². The van der Waals surface area contributed by atoms with Gasteiger partial charge >= 0.3 is 12.1 Å². The van der Waals surface area contributed by atoms with Gasteiger partial charge < -0.3 is 14.4 Å². The first-order chi connectivity index (χ1) is 10.5. The molecule has 1 aromatic rings. The Morgan fingerprint density at radius 3 is 2.64 bits per heavy atom. The van der Waals surface area contributed by atoms with Crippen molar-refractivity contribution in [1.82, 2.24) is 4.90 Å². The molecule has 0 spiro atoms. The zero-order chi connectivity index (χ0) is 16.0. The summed E-state index contributed by atoms with van der Waals surface area (Å²) in [5, 5.41) is 0. The van der Waals surface area contributed by atoms with Gasteiger partial charge in [-0.05, 0) is 32.3 Å². The molecule has 1 aliphatic rings. The van der Waals surface area contributed by atoms with E-state index in [0.29, 0.717) is 19.7 Å². The van der Waals surface area contributed by atoms with Crippen molar-refractivity contribution in [3.05, 3.63) is 35.9 Å². The molecule has 22 heavy (non-hydrogen) atoms. The average molecular weight is 305 g/mol. The Morgan fingerprint density at radius 1 is 1.23 bits per heavy atom. The van der Waals surface area contributed by atoms with E-state index in [1.165, 1.54) is 0 Å². The molecule has 0 radical (unpaired) electrons. The number of benzene rings is 1. The molecule has 1 amide bonds. The van der Waals surface area contributed by atoms with E-state index in [1.807, 2.05) is 37.3 Å². The predicted octanol–water partition coefficient (Wildman–Crippen LogP) is 2.99. The fourth-order valence-electron chi connectivity index (χ4n) is 2.68. The minimum absolute atomic E-state index is 0.240. The molecule has 5 heteroatoms. The Labute approximate surface area is 131 Å². The first kappa shape index (κ1) is 16.3. The summed E-state index contributed by atoms with van der Waals surface area (Å²) in [7, 11) is 0. The summed E-state index contributed by atoms with van der Waals surface area (Å²) in [5.41, 5.74) is 0.307. The molecule has 120 valence electrons. The maximum Gasteiger partial charge on any atom is 0.410 e. The van der Waals surface area contributed by atoms with Crippen LogP contribution >= 0.6 is 0 Å². The summed E-state index contributed by atoms with van der Waals surface area (Å²) in [5.74, 6) is -0.240. The summed E-state index contributed by atoms with van der Waals surface area (Å²) in [4.78, 5) is 25.9. The van der Waals surface area contributed by atoms with Crippen molar-refractivity contribution in [1.29, 1.82) is 0 Å². The summed E-state index contributed by atoms with van der Waals surface area (Å²) in [6.07, 6.45) is 1.13. The Hall–Kier alpha value is -2.04. The molecule has 0 bridgehead atoms. The molecule has 1 fully saturated rings. The SMILES string of the molecule is CCOC(=O)C1(C)CCCN(C(=O)OCc2ccccc2)C1. The summed E-state index contributed by atoms with van der Waals surface area (Å²) < 4.78 is 10.5. The predicted molar refractivity (Wildman–Crippen MR) is 82.2 cm³/mol. The van der Waals surface area contributed by atoms with Crippen LogP contribution in [-0.4, -0.2) is 36.7 Å². The second kappa shape index (κ2) is 7.29. The van der Waals surface area contributed by atoms with Crippen LogP contribution in [0.3, 0.4) is 0 Å². The van der Waals surface area contributed by atoms with Gasteiger partial charge in [-0.25, -0.2) is 4.79 Å². The van der Waals surface area contributed by atoms with Crippen LogP contribution < -0.4 is 0 Å². The smallest absolute Gasteiger partial charge is 0.410 e. The van der Waals surface area contributed by atoms with E-state index in [9.17, 15) is 9.59 Å². The van der Waals surface area contributed by atoms with Crippen molar-refractivity contribution in [3.8, 4) is 0 Å². The third-order valence-electron chi connectivity index (χ3n) is 3.93. The van der Waals surface area contributed by atoms with Gasteiger partial charge in [-0.15, -0.1) is 0 Å². The Kier molecular flexibility index (Phi) is 5.41. The topological polar surface area (TPSA) is 55.8 Å². The van der Waals surface area contributed by atoms with Gasteiger partial charge in [-0.3, -0.25) is 4.79 Å². The minimum Gasteiger partial charge on any atom is -0.466 e. The van der Waals surface area contributed by atoms with E-state index >= 15 is 0 Å². The maximum atomic E-state index is 12.2. The monoisotopic (exact) mass is 305 g/mol. The van der Waals surface area contributed by atoms with Crippen LogP contribution in [0.1, 0.15) is 32.3 Å². The number of likely N-dealkylation sites (tertiary alicyclic amines) is 1. The van der Waals surface area contributed by atoms with Gasteiger partial charge in [0.2, 0.25) is 0 Å². The molecule has 0 N–H and O–H groups in total. The number of esters is 1. The van der Waals surface area contributed by atoms with Gasteiger partial charge in [0.15, 0.2) is 0 Å². The number of nitrogens with zero attached hydrogens (tertiary/aromatic N) is 1. The van der Waals surface area contributed by atoms with Crippen LogP contribution in [0.25, 0.3) is 0 Å². The summed E-state index contributed by atoms with van der Waals surface area (Å²) >= 11 is 0. The Bertz CT molecular complexity index is 517. The lowest BCUT2D eigenvalue weighted by molar-refractivity contribution is -0.157. The van der Waals surface area contributed by atoms with E-state index in [1.54, 1.807) is 11.8 Å². The molecule has 1 heterocycles. The van der Waals surface area contributed by atoms with Gasteiger partial charge in [0.1, 0.15) is 6.61 Å². The first-order valence-corrected chi connectivity index (χ1v) is 7.68. The van der Waals surface area contributed by atoms with E-state index in [4.69, 9.17) is 9.47 Å². The molecular weight excluding hydrogens is 282 g/mol. The van der Waals surface area contributed by atoms with Gasteiger partial charge in [0, 0.05) is 13.1 Å². The van der Waals surface area contributed by atoms with E-state index in [2.05, 4.69) is 0 Å². The Balaban J connectivity index is 1.91. The van der Waals surface area contributed by atoms with Gasteiger partial charge in [-0.2, -0.15) is 0 Å². The van der Waals surface area contributed by atoms with Crippen molar-refractivity contribution >= 4 is 12.1 Å². The summed E-state index contributed by atoms with van der Waals surface area (Å²) in [6, 6.07) is 9.54. The second-order valence-corrected chi connectivity index (χ2v) is 5.85. The van der Waals surface area contributed by atoms with Crippen molar-refractivity contribution in [3.63, 3.8) is 0 Å². The number of rotatable bonds is 4. The fraction of sp³-hybridized carbons (Fsp3) is 0.529. The quantitative estimate of drug-likeness (QED) is 0.802. The number of ether oxygens (including phenoxy) is 2. The fourth-order valence-corrected chi connectivity index (χ4v) is 2.68. The molecule has 0 aromatic heterocycles. The highest BCUT2D eigenvalue weighted by Crippen LogP contribution is 2.31. The van der Waals surface area contributed by atoms with Crippen LogP contribution in [0, 0.1) is 5.41 Å². The molecular formula is C17H23NO4. The van der Waals surface area contributed by atoms with Crippen LogP contribution in [0.4, 0.5) is 4.79 Å². The highest BCUT2D eigenvalue weighted by Gasteiger charge is 2.41.